The minimum Gasteiger partial charge on any atom is -0.162 e. The molecule has 0 fully saturated rings. The highest BCUT2D eigenvalue weighted by molar-refractivity contribution is 7.99. The highest BCUT2D eigenvalue weighted by Gasteiger charge is 1.95. The Morgan fingerprint density at radius 3 is 0.852 bits per heavy atom. The fourth-order valence-electron chi connectivity index (χ4n) is 3.96. The minimum absolute atomic E-state index is 1.29. The van der Waals surface area contributed by atoms with Crippen LogP contribution < -0.4 is 0 Å². The molecule has 0 atom stereocenters. The van der Waals surface area contributed by atoms with Crippen LogP contribution in [-0.2, 0) is 0 Å². The molecule has 0 aromatic heterocycles. The van der Waals surface area contributed by atoms with Crippen molar-refractivity contribution in [2.75, 3.05) is 11.5 Å². The summed E-state index contributed by atoms with van der Waals surface area (Å²) < 4.78 is 0. The molecule has 0 aliphatic carbocycles. The molecule has 0 radical (unpaired) electrons. The van der Waals surface area contributed by atoms with Gasteiger partial charge in [0.25, 0.3) is 0 Å². The first-order chi connectivity index (χ1) is 13.4. The molecule has 0 aromatic rings. The Kier molecular flexibility index (Phi) is 26.7. The molecular formula is C26H54S. The Balaban J connectivity index is 2.95. The first-order valence-corrected chi connectivity index (χ1v) is 14.1. The largest absolute Gasteiger partial charge is 0.162 e. The van der Waals surface area contributed by atoms with Crippen molar-refractivity contribution >= 4 is 11.8 Å². The topological polar surface area (TPSA) is 0 Å². The van der Waals surface area contributed by atoms with Crippen LogP contribution in [0.5, 0.6) is 0 Å². The molecule has 1 heteroatoms. The number of rotatable bonds is 24. The van der Waals surface area contributed by atoms with Crippen LogP contribution in [0.15, 0.2) is 0 Å². The summed E-state index contributed by atoms with van der Waals surface area (Å²) in [4.78, 5) is 0. The summed E-state index contributed by atoms with van der Waals surface area (Å²) in [7, 11) is 0. The zero-order valence-corrected chi connectivity index (χ0v) is 20.2. The molecule has 0 N–H and O–H groups in total. The smallest absolute Gasteiger partial charge is 0.00676 e. The van der Waals surface area contributed by atoms with E-state index in [9.17, 15) is 0 Å². The average Bonchev–Trinajstić information content (AvgIpc) is 2.68. The predicted octanol–water partition coefficient (Wildman–Crippen LogP) is 10.3. The number of hydrogen-bond acceptors (Lipinski definition) is 1. The van der Waals surface area contributed by atoms with E-state index in [0.29, 0.717) is 0 Å². The van der Waals surface area contributed by atoms with E-state index in [4.69, 9.17) is 0 Å². The second kappa shape index (κ2) is 26.4. The van der Waals surface area contributed by atoms with Crippen LogP contribution in [-0.4, -0.2) is 11.5 Å². The number of thioether (sulfide) groups is 1. The van der Waals surface area contributed by atoms with Gasteiger partial charge in [0.15, 0.2) is 0 Å². The lowest BCUT2D eigenvalue weighted by Gasteiger charge is -2.04. The summed E-state index contributed by atoms with van der Waals surface area (Å²) in [6.45, 7) is 4.57. The zero-order valence-electron chi connectivity index (χ0n) is 19.4. The summed E-state index contributed by atoms with van der Waals surface area (Å²) in [5.74, 6) is 2.68. The van der Waals surface area contributed by atoms with Crippen molar-refractivity contribution in [3.05, 3.63) is 0 Å². The van der Waals surface area contributed by atoms with Crippen molar-refractivity contribution in [3.8, 4) is 0 Å². The minimum atomic E-state index is 1.29. The van der Waals surface area contributed by atoms with E-state index >= 15 is 0 Å². The number of unbranched alkanes of at least 4 members (excludes halogenated alkanes) is 21. The lowest BCUT2D eigenvalue weighted by Crippen LogP contribution is -1.85. The molecule has 164 valence electrons. The van der Waals surface area contributed by atoms with E-state index in [1.54, 1.807) is 0 Å². The van der Waals surface area contributed by atoms with Crippen LogP contribution in [0.4, 0.5) is 0 Å². The number of hydrogen-bond donors (Lipinski definition) is 0. The van der Waals surface area contributed by atoms with E-state index in [0.717, 1.165) is 0 Å². The van der Waals surface area contributed by atoms with Crippen LogP contribution in [0, 0.1) is 0 Å². The first kappa shape index (κ1) is 27.4. The Morgan fingerprint density at radius 2 is 0.593 bits per heavy atom. The average molecular weight is 399 g/mol. The van der Waals surface area contributed by atoms with E-state index in [2.05, 4.69) is 25.6 Å². The van der Waals surface area contributed by atoms with Crippen molar-refractivity contribution in [2.45, 2.75) is 155 Å². The fourth-order valence-corrected chi connectivity index (χ4v) is 4.65. The Bertz CT molecular complexity index is 214. The Labute approximate surface area is 178 Å². The van der Waals surface area contributed by atoms with Gasteiger partial charge < -0.3 is 0 Å². The summed E-state index contributed by atoms with van der Waals surface area (Å²) >= 11 is 2.10. The Morgan fingerprint density at radius 1 is 0.333 bits per heavy atom. The van der Waals surface area contributed by atoms with Gasteiger partial charge in [0, 0.05) is 0 Å². The molecule has 0 saturated heterocycles. The molecule has 27 heavy (non-hydrogen) atoms. The zero-order chi connectivity index (χ0) is 19.7. The van der Waals surface area contributed by atoms with Gasteiger partial charge >= 0.3 is 0 Å². The SMILES string of the molecule is CCCCCCCCCCCCCCCCCCCCCCCCSCC. The molecular weight excluding hydrogens is 344 g/mol. The molecule has 0 aliphatic rings. The molecule has 0 rings (SSSR count). The third-order valence-corrected chi connectivity index (χ3v) is 6.83. The van der Waals surface area contributed by atoms with Crippen molar-refractivity contribution < 1.29 is 0 Å². The van der Waals surface area contributed by atoms with E-state index in [1.807, 2.05) is 0 Å². The predicted molar refractivity (Wildman–Crippen MR) is 130 cm³/mol. The quantitative estimate of drug-likeness (QED) is 0.146. The van der Waals surface area contributed by atoms with Gasteiger partial charge in [-0.2, -0.15) is 11.8 Å². The van der Waals surface area contributed by atoms with Gasteiger partial charge in [0.05, 0.1) is 0 Å². The van der Waals surface area contributed by atoms with Crippen LogP contribution in [0.3, 0.4) is 0 Å². The maximum Gasteiger partial charge on any atom is -0.00676 e. The van der Waals surface area contributed by atoms with Crippen LogP contribution in [0.2, 0.25) is 0 Å². The maximum atomic E-state index is 2.30. The monoisotopic (exact) mass is 398 g/mol. The van der Waals surface area contributed by atoms with Crippen LogP contribution in [0.25, 0.3) is 0 Å². The normalized spacial score (nSPS) is 11.3. The van der Waals surface area contributed by atoms with Gasteiger partial charge in [-0.1, -0.05) is 149 Å². The third kappa shape index (κ3) is 26.4. The first-order valence-electron chi connectivity index (χ1n) is 13.0. The van der Waals surface area contributed by atoms with E-state index in [-0.39, 0.29) is 0 Å². The molecule has 0 saturated carbocycles. The summed E-state index contributed by atoms with van der Waals surface area (Å²) in [6.07, 6.45) is 32.5. The standard InChI is InChI=1S/C26H54S/c1-3-5-6-7-8-9-10-11-12-13-14-15-16-17-18-19-20-21-22-23-24-25-26-27-4-2/h3-26H2,1-2H3. The Hall–Kier alpha value is 0.350. The van der Waals surface area contributed by atoms with Gasteiger partial charge in [0.2, 0.25) is 0 Å². The van der Waals surface area contributed by atoms with Crippen molar-refractivity contribution in [1.82, 2.24) is 0 Å². The van der Waals surface area contributed by atoms with Crippen molar-refractivity contribution in [2.24, 2.45) is 0 Å². The van der Waals surface area contributed by atoms with Crippen molar-refractivity contribution in [1.29, 1.82) is 0 Å². The van der Waals surface area contributed by atoms with Gasteiger partial charge in [-0.25, -0.2) is 0 Å². The van der Waals surface area contributed by atoms with Crippen molar-refractivity contribution in [3.63, 3.8) is 0 Å². The van der Waals surface area contributed by atoms with Crippen LogP contribution in [0.1, 0.15) is 155 Å². The summed E-state index contributed by atoms with van der Waals surface area (Å²) in [5.41, 5.74) is 0. The highest BCUT2D eigenvalue weighted by Crippen LogP contribution is 2.15. The van der Waals surface area contributed by atoms with Crippen LogP contribution >= 0.6 is 11.8 Å². The van der Waals surface area contributed by atoms with E-state index < -0.39 is 0 Å². The lowest BCUT2D eigenvalue weighted by atomic mass is 10.0. The molecule has 0 unspecified atom stereocenters. The highest BCUT2D eigenvalue weighted by atomic mass is 32.2. The molecule has 0 spiro atoms. The molecule has 0 amide bonds. The van der Waals surface area contributed by atoms with E-state index in [1.165, 1.54) is 153 Å². The van der Waals surface area contributed by atoms with Gasteiger partial charge in [-0.3, -0.25) is 0 Å². The summed E-state index contributed by atoms with van der Waals surface area (Å²) in [6, 6.07) is 0. The lowest BCUT2D eigenvalue weighted by molar-refractivity contribution is 0.520. The molecule has 0 aliphatic heterocycles. The van der Waals surface area contributed by atoms with Gasteiger partial charge in [-0.05, 0) is 17.9 Å². The summed E-state index contributed by atoms with van der Waals surface area (Å²) in [5, 5.41) is 0. The van der Waals surface area contributed by atoms with Gasteiger partial charge in [-0.15, -0.1) is 0 Å². The fraction of sp³-hybridized carbons (Fsp3) is 1.00. The molecule has 0 bridgehead atoms. The molecule has 0 nitrogen and oxygen atoms in total. The molecule has 0 heterocycles. The second-order valence-corrected chi connectivity index (χ2v) is 10.0. The second-order valence-electron chi connectivity index (χ2n) is 8.62. The molecule has 0 aromatic carbocycles. The third-order valence-electron chi connectivity index (χ3n) is 5.85. The van der Waals surface area contributed by atoms with Gasteiger partial charge in [0.1, 0.15) is 0 Å². The maximum absolute atomic E-state index is 2.30.